The topological polar surface area (TPSA) is 228 Å². The zero-order chi connectivity index (χ0) is 60.8. The number of rotatable bonds is 31. The van der Waals surface area contributed by atoms with E-state index in [4.69, 9.17) is 43.2 Å². The van der Waals surface area contributed by atoms with Gasteiger partial charge in [-0.3, -0.25) is 28.9 Å². The Kier molecular flexibility index (Phi) is 39.0. The van der Waals surface area contributed by atoms with Gasteiger partial charge in [0, 0.05) is 36.6 Å². The molecule has 0 radical (unpaired) electrons. The summed E-state index contributed by atoms with van der Waals surface area (Å²) in [5, 5.41) is 2.54. The molecule has 5 atom stereocenters. The van der Waals surface area contributed by atoms with E-state index in [1.54, 1.807) is 0 Å². The molecular weight excluding hydrogens is 1090 g/mol. The van der Waals surface area contributed by atoms with E-state index in [-0.39, 0.29) is 42.5 Å². The molecule has 16 heteroatoms. The summed E-state index contributed by atoms with van der Waals surface area (Å²) in [6.45, 7) is 6.09. The van der Waals surface area contributed by atoms with Gasteiger partial charge in [-0.2, -0.15) is 25.3 Å². The highest BCUT2D eigenvalue weighted by Crippen LogP contribution is 2.10. The molecule has 11 N–H and O–H groups in total. The van der Waals surface area contributed by atoms with Crippen LogP contribution in [0.15, 0.2) is 212 Å². The molecule has 7 aromatic carbocycles. The summed E-state index contributed by atoms with van der Waals surface area (Å²) in [6, 6.07) is 69.7. The summed E-state index contributed by atoms with van der Waals surface area (Å²) in [6.07, 6.45) is 7.74. The number of thiol groups is 2. The zero-order valence-corrected chi connectivity index (χ0v) is 50.8. The highest BCUT2D eigenvalue weighted by molar-refractivity contribution is 7.80. The third kappa shape index (κ3) is 36.1. The van der Waals surface area contributed by atoms with Crippen LogP contribution in [0.1, 0.15) is 78.5 Å². The van der Waals surface area contributed by atoms with Gasteiger partial charge in [-0.25, -0.2) is 15.6 Å². The second-order valence-electron chi connectivity index (χ2n) is 20.6. The number of hydroxylamine groups is 5. The quantitative estimate of drug-likeness (QED) is 0.0116. The van der Waals surface area contributed by atoms with Gasteiger partial charge >= 0.3 is 0 Å². The Balaban J connectivity index is 0.000000280. The maximum atomic E-state index is 11.7. The van der Waals surface area contributed by atoms with Crippen molar-refractivity contribution in [1.29, 1.82) is 0 Å². The Labute approximate surface area is 511 Å². The fraction of sp³-hybridized carbons (Fsp3) is 0.338. The zero-order valence-electron chi connectivity index (χ0n) is 49.1. The number of nitrogens with two attached hydrogens (primary N) is 5. The van der Waals surface area contributed by atoms with Crippen molar-refractivity contribution in [2.75, 3.05) is 24.6 Å². The first-order chi connectivity index (χ1) is 40.8. The van der Waals surface area contributed by atoms with Crippen LogP contribution in [0.2, 0.25) is 0 Å². The van der Waals surface area contributed by atoms with Crippen LogP contribution in [0.25, 0.3) is 0 Å². The highest BCUT2D eigenvalue weighted by atomic mass is 32.1. The molecule has 7 aromatic rings. The molecule has 84 heavy (non-hydrogen) atoms. The van der Waals surface area contributed by atoms with Crippen molar-refractivity contribution in [2.24, 2.45) is 34.6 Å². The Bertz CT molecular complexity index is 2630. The van der Waals surface area contributed by atoms with E-state index in [0.29, 0.717) is 64.5 Å². The van der Waals surface area contributed by atoms with E-state index in [9.17, 15) is 14.4 Å². The van der Waals surface area contributed by atoms with Crippen molar-refractivity contribution in [3.8, 4) is 0 Å². The van der Waals surface area contributed by atoms with Crippen LogP contribution in [0, 0.1) is 5.92 Å². The predicted octanol–water partition coefficient (Wildman–Crippen LogP) is 10.0. The molecular formula is C68H92N8O6S2. The Morgan fingerprint density at radius 2 is 0.714 bits per heavy atom. The summed E-state index contributed by atoms with van der Waals surface area (Å²) in [5.74, 6) is 2.05. The monoisotopic (exact) mass is 1180 g/mol. The fourth-order valence-electron chi connectivity index (χ4n) is 8.25. The van der Waals surface area contributed by atoms with Gasteiger partial charge in [0.15, 0.2) is 0 Å². The summed E-state index contributed by atoms with van der Waals surface area (Å²) in [7, 11) is 0. The third-order valence-corrected chi connectivity index (χ3v) is 12.9. The molecule has 5 unspecified atom stereocenters. The average Bonchev–Trinajstić information content (AvgIpc) is 3.50. The number of carbonyl (C=O) groups excluding carboxylic acids is 3. The molecule has 452 valence electrons. The lowest BCUT2D eigenvalue weighted by atomic mass is 10.0. The van der Waals surface area contributed by atoms with E-state index in [1.807, 2.05) is 188 Å². The van der Waals surface area contributed by atoms with Gasteiger partial charge < -0.3 is 28.7 Å². The number of hydrogen-bond acceptors (Lipinski definition) is 13. The standard InChI is InChI=1S/2C17H20N2O2.C14H22N2O2.2C10H15NS/c18-17(11-15-7-3-1-4-8-15)12-19(14-20)21-13-16-9-5-2-6-10-16;18-16(11-14-7-3-1-4-8-14)12-17(20)19-21-13-15-9-5-2-6-10-15;1-12(2)8-14(15)9-16(11-17)18-10-13-6-4-3-5-7-13;2*11-10(6-7-12)8-9-4-2-1-3-5-9/h1-10,14,17H,11-13,18H2;1-10,16H,11-13,18H2,(H,19,20);3-7,11-12,14H,8-10,15H2,1-2H3;2*1-5,10,12H,6-8,11H2. The lowest BCUT2D eigenvalue weighted by Gasteiger charge is -2.22. The summed E-state index contributed by atoms with van der Waals surface area (Å²) < 4.78 is 0. The minimum Gasteiger partial charge on any atom is -0.327 e. The van der Waals surface area contributed by atoms with Crippen molar-refractivity contribution in [3.05, 3.63) is 251 Å². The van der Waals surface area contributed by atoms with Crippen LogP contribution in [0.4, 0.5) is 0 Å². The largest absolute Gasteiger partial charge is 0.327 e. The first-order valence-electron chi connectivity index (χ1n) is 28.7. The van der Waals surface area contributed by atoms with Gasteiger partial charge in [0.2, 0.25) is 18.7 Å². The van der Waals surface area contributed by atoms with Crippen LogP contribution in [0.3, 0.4) is 0 Å². The van der Waals surface area contributed by atoms with Crippen molar-refractivity contribution in [3.63, 3.8) is 0 Å². The molecule has 0 spiro atoms. The maximum Gasteiger partial charge on any atom is 0.245 e. The SMILES string of the molecule is CC(C)CC(N)CN(C=O)OCc1ccccc1.NC(CC(=O)NOCc1ccccc1)Cc1ccccc1.NC(CCS)Cc1ccccc1.NC(CCS)Cc1ccccc1.NC(Cc1ccccc1)CN(C=O)OCc1ccccc1. The van der Waals surface area contributed by atoms with Gasteiger partial charge in [0.05, 0.1) is 19.7 Å². The van der Waals surface area contributed by atoms with Crippen LogP contribution in [0.5, 0.6) is 0 Å². The highest BCUT2D eigenvalue weighted by Gasteiger charge is 2.14. The van der Waals surface area contributed by atoms with E-state index in [1.165, 1.54) is 21.3 Å². The number of nitrogens with one attached hydrogen (secondary N) is 1. The number of benzene rings is 7. The number of amides is 3. The normalized spacial score (nSPS) is 12.3. The molecule has 0 saturated heterocycles. The molecule has 3 amide bonds. The van der Waals surface area contributed by atoms with Gasteiger partial charge in [-0.15, -0.1) is 0 Å². The minimum atomic E-state index is -0.215. The van der Waals surface area contributed by atoms with Gasteiger partial charge in [-0.1, -0.05) is 226 Å². The molecule has 0 aromatic heterocycles. The molecule has 0 aliphatic carbocycles. The molecule has 0 saturated carbocycles. The van der Waals surface area contributed by atoms with Crippen molar-refractivity contribution >= 4 is 44.0 Å². The van der Waals surface area contributed by atoms with Crippen LogP contribution < -0.4 is 34.1 Å². The molecule has 0 fully saturated rings. The third-order valence-electron chi connectivity index (χ3n) is 12.4. The second-order valence-corrected chi connectivity index (χ2v) is 21.5. The lowest BCUT2D eigenvalue weighted by molar-refractivity contribution is -0.179. The Hall–Kier alpha value is -6.67. The molecule has 0 aliphatic heterocycles. The van der Waals surface area contributed by atoms with Crippen LogP contribution >= 0.6 is 25.3 Å². The fourth-order valence-corrected chi connectivity index (χ4v) is 8.92. The lowest BCUT2D eigenvalue weighted by Crippen LogP contribution is -2.38. The smallest absolute Gasteiger partial charge is 0.245 e. The summed E-state index contributed by atoms with van der Waals surface area (Å²) in [4.78, 5) is 49.7. The number of hydrogen-bond donors (Lipinski definition) is 8. The van der Waals surface area contributed by atoms with Gasteiger partial charge in [0.25, 0.3) is 0 Å². The second kappa shape index (κ2) is 45.7. The summed E-state index contributed by atoms with van der Waals surface area (Å²) in [5.41, 5.74) is 40.1. The van der Waals surface area contributed by atoms with Gasteiger partial charge in [0.1, 0.15) is 13.2 Å². The number of carbonyl (C=O) groups is 3. The average molecular weight is 1180 g/mol. The Morgan fingerprint density at radius 1 is 0.429 bits per heavy atom. The molecule has 0 heterocycles. The number of nitrogens with zero attached hydrogens (tertiary/aromatic N) is 2. The van der Waals surface area contributed by atoms with E-state index in [2.05, 4.69) is 68.9 Å². The van der Waals surface area contributed by atoms with Gasteiger partial charge in [-0.05, 0) is 101 Å². The molecule has 14 nitrogen and oxygen atoms in total. The first kappa shape index (κ1) is 71.6. The maximum absolute atomic E-state index is 11.7. The predicted molar refractivity (Wildman–Crippen MR) is 349 cm³/mol. The van der Waals surface area contributed by atoms with E-state index in [0.717, 1.165) is 71.4 Å². The molecule has 7 rings (SSSR count). The van der Waals surface area contributed by atoms with Crippen molar-refractivity contribution in [2.45, 2.75) is 115 Å². The summed E-state index contributed by atoms with van der Waals surface area (Å²) >= 11 is 8.29. The minimum absolute atomic E-state index is 0.0500. The van der Waals surface area contributed by atoms with Crippen molar-refractivity contribution < 1.29 is 28.9 Å². The van der Waals surface area contributed by atoms with E-state index >= 15 is 0 Å². The van der Waals surface area contributed by atoms with Crippen LogP contribution in [-0.2, 0) is 74.4 Å². The molecule has 0 aliphatic rings. The first-order valence-corrected chi connectivity index (χ1v) is 29.9. The van der Waals surface area contributed by atoms with Crippen LogP contribution in [-0.4, -0.2) is 83.7 Å². The van der Waals surface area contributed by atoms with Crippen molar-refractivity contribution in [1.82, 2.24) is 15.6 Å². The molecule has 0 bridgehead atoms. The van der Waals surface area contributed by atoms with E-state index < -0.39 is 0 Å². The Morgan fingerprint density at radius 3 is 1.02 bits per heavy atom.